The van der Waals surface area contributed by atoms with E-state index >= 15 is 0 Å². The van der Waals surface area contributed by atoms with Gasteiger partial charge in [0.2, 0.25) is 11.8 Å². The van der Waals surface area contributed by atoms with Gasteiger partial charge in [-0.3, -0.25) is 9.59 Å². The molecule has 1 aromatic heterocycles. The van der Waals surface area contributed by atoms with Crippen molar-refractivity contribution in [1.29, 1.82) is 0 Å². The van der Waals surface area contributed by atoms with Crippen LogP contribution in [0.15, 0.2) is 61.6 Å². The van der Waals surface area contributed by atoms with Crippen molar-refractivity contribution in [3.63, 3.8) is 0 Å². The number of rotatable bonds is 6. The number of halogens is 2. The van der Waals surface area contributed by atoms with Crippen LogP contribution in [-0.4, -0.2) is 35.6 Å². The predicted molar refractivity (Wildman–Crippen MR) is 120 cm³/mol. The molecule has 2 aromatic carbocycles. The summed E-state index contributed by atoms with van der Waals surface area (Å²) >= 11 is 6.74. The number of aromatic amines is 1. The van der Waals surface area contributed by atoms with Gasteiger partial charge < -0.3 is 20.1 Å². The number of nitrogens with one attached hydrogen (secondary N) is 2. The molecule has 0 aliphatic carbocycles. The molecule has 0 saturated heterocycles. The first-order chi connectivity index (χ1) is 14.4. The van der Waals surface area contributed by atoms with E-state index in [0.717, 1.165) is 10.0 Å². The summed E-state index contributed by atoms with van der Waals surface area (Å²) in [4.78, 5) is 26.6. The molecule has 0 aliphatic rings. The number of fused-ring (bicyclic) bond motifs is 1. The number of ether oxygens (including phenoxy) is 1. The van der Waals surface area contributed by atoms with Gasteiger partial charge in [-0.05, 0) is 51.8 Å². The standard InChI is InChI=1S/C20H16Br2N4O4/c1-30-13-5-2-11(3-6-13)4-7-16(27)23-10-17(28)25-26-19-14-8-12(21)9-15(22)18(14)24-20(19)29/h2-9,24,29H,10H2,1H3,(H,23,27). The molecule has 0 saturated carbocycles. The zero-order valence-electron chi connectivity index (χ0n) is 15.6. The van der Waals surface area contributed by atoms with Crippen molar-refractivity contribution in [1.82, 2.24) is 10.3 Å². The van der Waals surface area contributed by atoms with E-state index < -0.39 is 11.8 Å². The molecule has 10 heteroatoms. The molecule has 0 radical (unpaired) electrons. The third-order valence-corrected chi connectivity index (χ3v) is 5.08. The molecule has 2 amide bonds. The number of benzene rings is 2. The number of carbonyl (C=O) groups is 2. The summed E-state index contributed by atoms with van der Waals surface area (Å²) in [6, 6.07) is 10.7. The van der Waals surface area contributed by atoms with Crippen LogP contribution in [-0.2, 0) is 9.59 Å². The highest BCUT2D eigenvalue weighted by molar-refractivity contribution is 9.11. The second-order valence-corrected chi connectivity index (χ2v) is 7.82. The predicted octanol–water partition coefficient (Wildman–Crippen LogP) is 4.85. The monoisotopic (exact) mass is 534 g/mol. The van der Waals surface area contributed by atoms with Gasteiger partial charge in [0, 0.05) is 20.4 Å². The van der Waals surface area contributed by atoms with Gasteiger partial charge in [-0.1, -0.05) is 28.1 Å². The third-order valence-electron chi connectivity index (χ3n) is 4.00. The van der Waals surface area contributed by atoms with Crippen LogP contribution in [0.3, 0.4) is 0 Å². The Morgan fingerprint density at radius 2 is 1.97 bits per heavy atom. The normalized spacial score (nSPS) is 11.4. The highest BCUT2D eigenvalue weighted by Gasteiger charge is 2.14. The minimum atomic E-state index is -0.663. The highest BCUT2D eigenvalue weighted by Crippen LogP contribution is 2.40. The van der Waals surface area contributed by atoms with Gasteiger partial charge in [0.25, 0.3) is 5.91 Å². The largest absolute Gasteiger partial charge is 0.497 e. The van der Waals surface area contributed by atoms with Gasteiger partial charge in [0.15, 0.2) is 5.69 Å². The average Bonchev–Trinajstić information content (AvgIpc) is 3.05. The van der Waals surface area contributed by atoms with Crippen molar-refractivity contribution >= 4 is 66.3 Å². The number of hydrogen-bond donors (Lipinski definition) is 3. The van der Waals surface area contributed by atoms with E-state index in [2.05, 4.69) is 52.4 Å². The first-order valence-corrected chi connectivity index (χ1v) is 10.2. The summed E-state index contributed by atoms with van der Waals surface area (Å²) in [5, 5.41) is 20.5. The molecule has 0 bridgehead atoms. The lowest BCUT2D eigenvalue weighted by molar-refractivity contribution is -0.122. The molecule has 3 N–H and O–H groups in total. The van der Waals surface area contributed by atoms with Gasteiger partial charge in [-0.25, -0.2) is 0 Å². The molecular formula is C20H16Br2N4O4. The fourth-order valence-electron chi connectivity index (χ4n) is 2.54. The lowest BCUT2D eigenvalue weighted by Gasteiger charge is -2.00. The number of hydrogen-bond acceptors (Lipinski definition) is 5. The first kappa shape index (κ1) is 21.7. The van der Waals surface area contributed by atoms with Gasteiger partial charge in [0.1, 0.15) is 12.3 Å². The Hall–Kier alpha value is -2.98. The van der Waals surface area contributed by atoms with Crippen LogP contribution in [0.2, 0.25) is 0 Å². The van der Waals surface area contributed by atoms with Crippen LogP contribution < -0.4 is 10.1 Å². The van der Waals surface area contributed by atoms with Crippen molar-refractivity contribution in [2.45, 2.75) is 0 Å². The number of azo groups is 1. The van der Waals surface area contributed by atoms with Crippen molar-refractivity contribution in [3.8, 4) is 11.6 Å². The summed E-state index contributed by atoms with van der Waals surface area (Å²) in [5.74, 6) is -0.610. The molecule has 0 spiro atoms. The Labute approximate surface area is 188 Å². The number of aromatic hydroxyl groups is 1. The van der Waals surface area contributed by atoms with Crippen molar-refractivity contribution in [2.75, 3.05) is 13.7 Å². The van der Waals surface area contributed by atoms with Gasteiger partial charge >= 0.3 is 0 Å². The molecule has 1 heterocycles. The van der Waals surface area contributed by atoms with Crippen LogP contribution in [0.4, 0.5) is 5.69 Å². The maximum Gasteiger partial charge on any atom is 0.283 e. The quantitative estimate of drug-likeness (QED) is 0.309. The number of carbonyl (C=O) groups excluding carboxylic acids is 2. The lowest BCUT2D eigenvalue weighted by atomic mass is 10.2. The van der Waals surface area contributed by atoms with Crippen LogP contribution in [0.25, 0.3) is 17.0 Å². The van der Waals surface area contributed by atoms with E-state index in [9.17, 15) is 14.7 Å². The molecule has 0 unspecified atom stereocenters. The topological polar surface area (TPSA) is 116 Å². The molecule has 8 nitrogen and oxygen atoms in total. The summed E-state index contributed by atoms with van der Waals surface area (Å²) < 4.78 is 6.55. The second-order valence-electron chi connectivity index (χ2n) is 6.05. The zero-order valence-corrected chi connectivity index (χ0v) is 18.8. The molecule has 154 valence electrons. The SMILES string of the molecule is COc1ccc(C=CC(=O)NCC(=O)N=Nc2c(O)[nH]c3c(Br)cc(Br)cc23)cc1. The van der Waals surface area contributed by atoms with E-state index in [1.54, 1.807) is 49.6 Å². The van der Waals surface area contributed by atoms with Crippen LogP contribution in [0.5, 0.6) is 11.6 Å². The maximum atomic E-state index is 11.9. The second kappa shape index (κ2) is 9.68. The minimum Gasteiger partial charge on any atom is -0.497 e. The summed E-state index contributed by atoms with van der Waals surface area (Å²) in [6.45, 7) is -0.328. The van der Waals surface area contributed by atoms with E-state index in [1.807, 2.05) is 0 Å². The van der Waals surface area contributed by atoms with E-state index in [-0.39, 0.29) is 18.1 Å². The third kappa shape index (κ3) is 5.33. The van der Waals surface area contributed by atoms with Crippen LogP contribution in [0, 0.1) is 0 Å². The van der Waals surface area contributed by atoms with E-state index in [0.29, 0.717) is 21.1 Å². The molecule has 30 heavy (non-hydrogen) atoms. The fraction of sp³-hybridized carbons (Fsp3) is 0.100. The van der Waals surface area contributed by atoms with Crippen molar-refractivity contribution in [2.24, 2.45) is 10.2 Å². The molecule has 0 fully saturated rings. The highest BCUT2D eigenvalue weighted by atomic mass is 79.9. The number of amides is 2. The Morgan fingerprint density at radius 3 is 2.67 bits per heavy atom. The van der Waals surface area contributed by atoms with Crippen LogP contribution >= 0.6 is 31.9 Å². The number of nitrogens with zero attached hydrogens (tertiary/aromatic N) is 2. The Bertz CT molecular complexity index is 1150. The summed E-state index contributed by atoms with van der Waals surface area (Å²) in [7, 11) is 1.57. The number of aromatic nitrogens is 1. The average molecular weight is 536 g/mol. The van der Waals surface area contributed by atoms with Gasteiger partial charge in [0.05, 0.1) is 12.6 Å². The van der Waals surface area contributed by atoms with E-state index in [4.69, 9.17) is 4.74 Å². The van der Waals surface area contributed by atoms with E-state index in [1.165, 1.54) is 6.08 Å². The summed E-state index contributed by atoms with van der Waals surface area (Å²) in [5.41, 5.74) is 1.56. The van der Waals surface area contributed by atoms with Crippen LogP contribution in [0.1, 0.15) is 5.56 Å². The zero-order chi connectivity index (χ0) is 21.7. The molecule has 0 aliphatic heterocycles. The molecule has 3 aromatic rings. The maximum absolute atomic E-state index is 11.9. The van der Waals surface area contributed by atoms with Crippen molar-refractivity contribution in [3.05, 3.63) is 57.0 Å². The Kier molecular flexibility index (Phi) is 7.01. The number of H-pyrrole nitrogens is 1. The first-order valence-electron chi connectivity index (χ1n) is 8.61. The fourth-order valence-corrected chi connectivity index (χ4v) is 3.87. The Balaban J connectivity index is 1.60. The molecule has 0 atom stereocenters. The smallest absolute Gasteiger partial charge is 0.283 e. The summed E-state index contributed by atoms with van der Waals surface area (Å²) in [6.07, 6.45) is 2.92. The lowest BCUT2D eigenvalue weighted by Crippen LogP contribution is -2.26. The molecular weight excluding hydrogens is 520 g/mol. The van der Waals surface area contributed by atoms with Gasteiger partial charge in [-0.15, -0.1) is 10.2 Å². The van der Waals surface area contributed by atoms with Crippen molar-refractivity contribution < 1.29 is 19.4 Å². The van der Waals surface area contributed by atoms with Gasteiger partial charge in [-0.2, -0.15) is 0 Å². The molecule has 3 rings (SSSR count). The Morgan fingerprint density at radius 1 is 1.23 bits per heavy atom. The minimum absolute atomic E-state index is 0.131. The number of methoxy groups -OCH3 is 1.